The summed E-state index contributed by atoms with van der Waals surface area (Å²) in [6.07, 6.45) is 5.89. The second kappa shape index (κ2) is 17.8. The minimum Gasteiger partial charge on any atom is -1.00 e. The van der Waals surface area contributed by atoms with Crippen LogP contribution < -0.4 is 24.8 Å². The van der Waals surface area contributed by atoms with Crippen LogP contribution in [0.5, 0.6) is 0 Å². The van der Waals surface area contributed by atoms with Crippen LogP contribution in [0.15, 0.2) is 110 Å². The maximum atomic E-state index is 3.82. The summed E-state index contributed by atoms with van der Waals surface area (Å²) in [5, 5.41) is 0. The third kappa shape index (κ3) is 10.3. The van der Waals surface area contributed by atoms with Gasteiger partial charge in [0, 0.05) is 0 Å². The molecule has 0 spiro atoms. The fourth-order valence-corrected chi connectivity index (χ4v) is 5.97. The van der Waals surface area contributed by atoms with E-state index < -0.39 is 0 Å². The van der Waals surface area contributed by atoms with E-state index >= 15 is 0 Å². The molecule has 0 unspecified atom stereocenters. The molecular formula is C43H44Cl2Zr-2. The molecule has 0 fully saturated rings. The molecule has 0 bridgehead atoms. The van der Waals surface area contributed by atoms with Crippen molar-refractivity contribution in [1.82, 2.24) is 0 Å². The summed E-state index contributed by atoms with van der Waals surface area (Å²) in [5.74, 6) is 0. The van der Waals surface area contributed by atoms with Gasteiger partial charge in [-0.25, -0.2) is 6.07 Å². The minimum absolute atomic E-state index is 0. The average Bonchev–Trinajstić information content (AvgIpc) is 3.67. The van der Waals surface area contributed by atoms with E-state index in [0.717, 1.165) is 18.4 Å². The van der Waals surface area contributed by atoms with Crippen molar-refractivity contribution in [2.45, 2.75) is 59.8 Å². The molecule has 6 rings (SSSR count). The van der Waals surface area contributed by atoms with E-state index in [-0.39, 0.29) is 24.8 Å². The van der Waals surface area contributed by atoms with Crippen LogP contribution in [0.1, 0.15) is 83.3 Å². The Labute approximate surface area is 305 Å². The van der Waals surface area contributed by atoms with Crippen molar-refractivity contribution in [2.75, 3.05) is 0 Å². The van der Waals surface area contributed by atoms with Crippen molar-refractivity contribution in [2.24, 2.45) is 0 Å². The largest absolute Gasteiger partial charge is 1.00 e. The Bertz CT molecular complexity index is 1640. The third-order valence-corrected chi connectivity index (χ3v) is 9.50. The van der Waals surface area contributed by atoms with E-state index in [0.29, 0.717) is 5.41 Å². The molecule has 0 radical (unpaired) electrons. The molecule has 0 N–H and O–H groups in total. The summed E-state index contributed by atoms with van der Waals surface area (Å²) in [5.41, 5.74) is 16.1. The Morgan fingerprint density at radius 1 is 0.804 bits per heavy atom. The SMILES string of the molecule is C=Cc1c[c-]c2c(c1)-c1cc(C=C)ccc1C2.CCc1cc(C(C)(C)C)c[cH-]1.Cc1ccc([C](=[Zr+2])c2ccc(C)cc2)cc1.[Cl-].[Cl-]. The summed E-state index contributed by atoms with van der Waals surface area (Å²) in [6, 6.07) is 38.4. The quantitative estimate of drug-likeness (QED) is 0.219. The summed E-state index contributed by atoms with van der Waals surface area (Å²) >= 11 is 1.46. The number of fused-ring (bicyclic) bond motifs is 3. The maximum absolute atomic E-state index is 3.82. The van der Waals surface area contributed by atoms with E-state index in [1.807, 2.05) is 18.2 Å². The Hall–Kier alpha value is -2.96. The number of aryl methyl sites for hydroxylation is 3. The van der Waals surface area contributed by atoms with Gasteiger partial charge in [0.1, 0.15) is 0 Å². The smallest absolute Gasteiger partial charge is 1.00 e. The predicted octanol–water partition coefficient (Wildman–Crippen LogP) is 5.04. The van der Waals surface area contributed by atoms with Gasteiger partial charge in [-0.1, -0.05) is 81.5 Å². The molecule has 5 aromatic rings. The van der Waals surface area contributed by atoms with Gasteiger partial charge in [-0.05, 0) is 12.0 Å². The fourth-order valence-electron chi connectivity index (χ4n) is 5.15. The molecule has 0 saturated heterocycles. The minimum atomic E-state index is 0. The third-order valence-electron chi connectivity index (χ3n) is 8.08. The molecular weight excluding hydrogens is 679 g/mol. The van der Waals surface area contributed by atoms with Gasteiger partial charge in [0.15, 0.2) is 0 Å². The molecule has 0 aromatic heterocycles. The predicted molar refractivity (Wildman–Crippen MR) is 189 cm³/mol. The van der Waals surface area contributed by atoms with Crippen LogP contribution in [0.25, 0.3) is 23.3 Å². The van der Waals surface area contributed by atoms with Crippen molar-refractivity contribution in [1.29, 1.82) is 0 Å². The summed E-state index contributed by atoms with van der Waals surface area (Å²) in [7, 11) is 0. The van der Waals surface area contributed by atoms with Gasteiger partial charge in [-0.15, -0.1) is 23.8 Å². The van der Waals surface area contributed by atoms with Crippen molar-refractivity contribution in [3.05, 3.63) is 172 Å². The molecule has 1 aliphatic rings. The zero-order chi connectivity index (χ0) is 31.9. The van der Waals surface area contributed by atoms with Crippen molar-refractivity contribution in [3.63, 3.8) is 0 Å². The van der Waals surface area contributed by atoms with Gasteiger partial charge in [-0.2, -0.15) is 47.0 Å². The number of hydrogen-bond acceptors (Lipinski definition) is 0. The van der Waals surface area contributed by atoms with Crippen LogP contribution in [0.4, 0.5) is 0 Å². The first-order valence-electron chi connectivity index (χ1n) is 15.4. The van der Waals surface area contributed by atoms with E-state index in [2.05, 4.69) is 152 Å². The molecule has 236 valence electrons. The first-order valence-corrected chi connectivity index (χ1v) is 16.7. The summed E-state index contributed by atoms with van der Waals surface area (Å²) in [4.78, 5) is 0. The molecule has 0 atom stereocenters. The average molecular weight is 723 g/mol. The van der Waals surface area contributed by atoms with Crippen LogP contribution >= 0.6 is 0 Å². The Kier molecular flexibility index (Phi) is 15.2. The van der Waals surface area contributed by atoms with Crippen LogP contribution in [-0.4, -0.2) is 3.21 Å². The second-order valence-corrected chi connectivity index (χ2v) is 13.8. The van der Waals surface area contributed by atoms with Gasteiger partial charge in [0.2, 0.25) is 0 Å². The summed E-state index contributed by atoms with van der Waals surface area (Å²) < 4.78 is 1.42. The molecule has 0 aliphatic heterocycles. The zero-order valence-electron chi connectivity index (χ0n) is 28.0. The summed E-state index contributed by atoms with van der Waals surface area (Å²) in [6.45, 7) is 20.8. The van der Waals surface area contributed by atoms with E-state index in [1.54, 1.807) is 0 Å². The van der Waals surface area contributed by atoms with E-state index in [9.17, 15) is 0 Å². The number of halogens is 2. The molecule has 0 nitrogen and oxygen atoms in total. The van der Waals surface area contributed by atoms with E-state index in [1.165, 1.54) is 88.6 Å². The van der Waals surface area contributed by atoms with Crippen LogP contribution in [-0.2, 0) is 42.5 Å². The Morgan fingerprint density at radius 2 is 1.35 bits per heavy atom. The Balaban J connectivity index is 0.000000241. The van der Waals surface area contributed by atoms with E-state index in [4.69, 9.17) is 0 Å². The number of hydrogen-bond donors (Lipinski definition) is 0. The van der Waals surface area contributed by atoms with Gasteiger partial charge < -0.3 is 24.8 Å². The first kappa shape index (κ1) is 39.2. The standard InChI is InChI=1S/C17H13.C15H14.C11H17.2ClH.Zr/c1-3-12-5-7-14-11-15-8-6-13(4-2)10-17(15)16(14)9-12;1-12-3-7-14(8-4-12)11-15-9-5-13(2)6-10-15;1-5-9-6-7-10(8-9)11(2,3)4;;;/h3-7,9-10H,1-2,11H2;3-10H,1-2H3;6-8H,5H2,1-4H3;2*1H;/q-1;;-1;;;+2/p-2. The molecule has 46 heavy (non-hydrogen) atoms. The Morgan fingerprint density at radius 3 is 1.80 bits per heavy atom. The molecule has 0 amide bonds. The van der Waals surface area contributed by atoms with Crippen molar-refractivity contribution >= 4 is 15.4 Å². The number of benzene rings is 4. The van der Waals surface area contributed by atoms with Crippen molar-refractivity contribution < 1.29 is 49.0 Å². The van der Waals surface area contributed by atoms with Gasteiger partial charge in [0.05, 0.1) is 0 Å². The molecule has 1 aliphatic carbocycles. The number of rotatable bonds is 5. The molecule has 0 saturated carbocycles. The van der Waals surface area contributed by atoms with Gasteiger partial charge >= 0.3 is 112 Å². The van der Waals surface area contributed by atoms with Gasteiger partial charge in [-0.3, -0.25) is 0 Å². The van der Waals surface area contributed by atoms with Crippen LogP contribution in [0.3, 0.4) is 0 Å². The molecule has 3 heteroatoms. The zero-order valence-corrected chi connectivity index (χ0v) is 31.9. The van der Waals surface area contributed by atoms with Crippen molar-refractivity contribution in [3.8, 4) is 11.1 Å². The second-order valence-electron chi connectivity index (χ2n) is 12.5. The monoisotopic (exact) mass is 720 g/mol. The fraction of sp³-hybridized carbons (Fsp3) is 0.209. The van der Waals surface area contributed by atoms with Crippen LogP contribution in [0, 0.1) is 19.9 Å². The molecule has 5 aromatic carbocycles. The topological polar surface area (TPSA) is 0 Å². The molecule has 0 heterocycles. The normalized spacial score (nSPS) is 10.8. The van der Waals surface area contributed by atoms with Gasteiger partial charge in [0.25, 0.3) is 0 Å². The first-order chi connectivity index (χ1) is 21.0. The van der Waals surface area contributed by atoms with Crippen LogP contribution in [0.2, 0.25) is 0 Å². The maximum Gasteiger partial charge on any atom is -1.00 e.